The molecule has 0 saturated carbocycles. The predicted octanol–water partition coefficient (Wildman–Crippen LogP) is 2.21. The third kappa shape index (κ3) is 15.8. The van der Waals surface area contributed by atoms with Crippen LogP contribution < -0.4 is 5.32 Å². The number of ether oxygens (including phenoxy) is 2. The Kier molecular flexibility index (Phi) is 14.1. The third-order valence-electron chi connectivity index (χ3n) is 2.71. The van der Waals surface area contributed by atoms with E-state index in [0.29, 0.717) is 25.7 Å². The van der Waals surface area contributed by atoms with Gasteiger partial charge in [-0.1, -0.05) is 40.0 Å². The molecule has 1 atom stereocenters. The van der Waals surface area contributed by atoms with Crippen LogP contribution in [0.25, 0.3) is 0 Å². The van der Waals surface area contributed by atoms with Gasteiger partial charge in [-0.25, -0.2) is 0 Å². The van der Waals surface area contributed by atoms with Crippen LogP contribution in [0.5, 0.6) is 0 Å². The van der Waals surface area contributed by atoms with E-state index in [1.54, 1.807) is 0 Å². The van der Waals surface area contributed by atoms with Crippen LogP contribution in [-0.4, -0.2) is 50.7 Å². The molecule has 0 spiro atoms. The molecule has 0 rings (SSSR count). The van der Waals surface area contributed by atoms with Gasteiger partial charge >= 0.3 is 0 Å². The van der Waals surface area contributed by atoms with E-state index in [1.165, 1.54) is 19.3 Å². The molecule has 0 saturated heterocycles. The Hall–Kier alpha value is -0.160. The fourth-order valence-electron chi connectivity index (χ4n) is 1.64. The first-order valence-corrected chi connectivity index (χ1v) is 7.71. The minimum absolute atomic E-state index is 0.420. The molecule has 0 fully saturated rings. The summed E-state index contributed by atoms with van der Waals surface area (Å²) in [7, 11) is 0. The van der Waals surface area contributed by atoms with Crippen molar-refractivity contribution < 1.29 is 14.6 Å². The second-order valence-corrected chi connectivity index (χ2v) is 5.46. The van der Waals surface area contributed by atoms with Crippen molar-refractivity contribution in [2.45, 2.75) is 52.6 Å². The summed E-state index contributed by atoms with van der Waals surface area (Å²) < 4.78 is 10.9. The minimum Gasteiger partial charge on any atom is -0.389 e. The third-order valence-corrected chi connectivity index (χ3v) is 2.71. The van der Waals surface area contributed by atoms with Crippen LogP contribution in [0, 0.1) is 5.92 Å². The quantitative estimate of drug-likeness (QED) is 0.477. The summed E-state index contributed by atoms with van der Waals surface area (Å²) in [6, 6.07) is 0. The largest absolute Gasteiger partial charge is 0.389 e. The van der Waals surface area contributed by atoms with Gasteiger partial charge in [-0.05, 0) is 12.3 Å². The molecule has 2 N–H and O–H groups in total. The summed E-state index contributed by atoms with van der Waals surface area (Å²) in [5.74, 6) is 0.576. The van der Waals surface area contributed by atoms with Crippen molar-refractivity contribution in [3.63, 3.8) is 0 Å². The second kappa shape index (κ2) is 14.3. The Morgan fingerprint density at radius 1 is 1.00 bits per heavy atom. The van der Waals surface area contributed by atoms with Gasteiger partial charge in [0, 0.05) is 26.3 Å². The highest BCUT2D eigenvalue weighted by Gasteiger charge is 2.03. The van der Waals surface area contributed by atoms with Gasteiger partial charge in [0.05, 0.1) is 19.3 Å². The van der Waals surface area contributed by atoms with E-state index in [0.717, 1.165) is 26.2 Å². The molecule has 0 amide bonds. The lowest BCUT2D eigenvalue weighted by Gasteiger charge is -2.13. The van der Waals surface area contributed by atoms with E-state index in [-0.39, 0.29) is 0 Å². The number of unbranched alkanes of at least 4 members (excludes halogenated alkanes) is 3. The van der Waals surface area contributed by atoms with Crippen LogP contribution in [0.1, 0.15) is 46.5 Å². The van der Waals surface area contributed by atoms with Crippen LogP contribution in [0.2, 0.25) is 0 Å². The normalized spacial score (nSPS) is 13.1. The van der Waals surface area contributed by atoms with E-state index in [2.05, 4.69) is 26.1 Å². The molecule has 0 radical (unpaired) electrons. The SMILES string of the molecule is CCCCCCOCC(O)CNCCOCC(C)C. The van der Waals surface area contributed by atoms with Crippen LogP contribution in [0.4, 0.5) is 0 Å². The number of rotatable bonds is 14. The molecule has 0 aromatic heterocycles. The van der Waals surface area contributed by atoms with Gasteiger partial charge in [-0.15, -0.1) is 0 Å². The Bertz CT molecular complexity index is 177. The zero-order valence-corrected chi connectivity index (χ0v) is 13.0. The topological polar surface area (TPSA) is 50.7 Å². The highest BCUT2D eigenvalue weighted by molar-refractivity contribution is 4.58. The van der Waals surface area contributed by atoms with Crippen molar-refractivity contribution in [2.75, 3.05) is 39.5 Å². The van der Waals surface area contributed by atoms with Crippen LogP contribution in [0.3, 0.4) is 0 Å². The van der Waals surface area contributed by atoms with Gasteiger partial charge in [-0.3, -0.25) is 0 Å². The molecule has 0 aromatic carbocycles. The number of hydrogen-bond donors (Lipinski definition) is 2. The first-order chi connectivity index (χ1) is 9.16. The van der Waals surface area contributed by atoms with Crippen LogP contribution in [-0.2, 0) is 9.47 Å². The van der Waals surface area contributed by atoms with E-state index < -0.39 is 6.10 Å². The fourth-order valence-corrected chi connectivity index (χ4v) is 1.64. The summed E-state index contributed by atoms with van der Waals surface area (Å²) in [4.78, 5) is 0. The average molecular weight is 275 g/mol. The summed E-state index contributed by atoms with van der Waals surface area (Å²) in [6.45, 7) is 10.5. The molecule has 0 heterocycles. The van der Waals surface area contributed by atoms with Crippen molar-refractivity contribution in [1.82, 2.24) is 5.32 Å². The number of nitrogens with one attached hydrogen (secondary N) is 1. The maximum absolute atomic E-state index is 9.67. The van der Waals surface area contributed by atoms with Crippen molar-refractivity contribution in [3.05, 3.63) is 0 Å². The Morgan fingerprint density at radius 2 is 1.74 bits per heavy atom. The van der Waals surface area contributed by atoms with Crippen molar-refractivity contribution in [3.8, 4) is 0 Å². The van der Waals surface area contributed by atoms with Crippen LogP contribution >= 0.6 is 0 Å². The summed E-state index contributed by atoms with van der Waals surface area (Å²) in [5.41, 5.74) is 0. The first kappa shape index (κ1) is 18.8. The lowest BCUT2D eigenvalue weighted by molar-refractivity contribution is 0.0338. The van der Waals surface area contributed by atoms with Gasteiger partial charge in [0.15, 0.2) is 0 Å². The van der Waals surface area contributed by atoms with Gasteiger partial charge in [-0.2, -0.15) is 0 Å². The maximum atomic E-state index is 9.67. The lowest BCUT2D eigenvalue weighted by atomic mass is 10.2. The Balaban J connectivity index is 3.14. The van der Waals surface area contributed by atoms with E-state index >= 15 is 0 Å². The molecule has 0 aliphatic carbocycles. The summed E-state index contributed by atoms with van der Waals surface area (Å²) in [6.07, 6.45) is 4.40. The molecule has 4 nitrogen and oxygen atoms in total. The molecule has 0 aliphatic rings. The molecule has 116 valence electrons. The second-order valence-electron chi connectivity index (χ2n) is 5.46. The molecular formula is C15H33NO3. The molecule has 1 unspecified atom stereocenters. The van der Waals surface area contributed by atoms with Crippen molar-refractivity contribution in [2.24, 2.45) is 5.92 Å². The number of hydrogen-bond acceptors (Lipinski definition) is 4. The van der Waals surface area contributed by atoms with Crippen molar-refractivity contribution >= 4 is 0 Å². The van der Waals surface area contributed by atoms with Crippen LogP contribution in [0.15, 0.2) is 0 Å². The highest BCUT2D eigenvalue weighted by Crippen LogP contribution is 1.99. The fraction of sp³-hybridized carbons (Fsp3) is 1.00. The molecule has 0 aliphatic heterocycles. The number of aliphatic hydroxyl groups excluding tert-OH is 1. The Labute approximate surface area is 118 Å². The maximum Gasteiger partial charge on any atom is 0.0897 e. The summed E-state index contributed by atoms with van der Waals surface area (Å²) >= 11 is 0. The predicted molar refractivity (Wildman–Crippen MR) is 79.5 cm³/mol. The highest BCUT2D eigenvalue weighted by atomic mass is 16.5. The smallest absolute Gasteiger partial charge is 0.0897 e. The first-order valence-electron chi connectivity index (χ1n) is 7.71. The zero-order chi connectivity index (χ0) is 14.3. The Morgan fingerprint density at radius 3 is 2.42 bits per heavy atom. The summed E-state index contributed by atoms with van der Waals surface area (Å²) in [5, 5.41) is 12.8. The lowest BCUT2D eigenvalue weighted by Crippen LogP contribution is -2.32. The molecule has 19 heavy (non-hydrogen) atoms. The van der Waals surface area contributed by atoms with Gasteiger partial charge < -0.3 is 19.9 Å². The molecule has 4 heteroatoms. The average Bonchev–Trinajstić information content (AvgIpc) is 2.37. The van der Waals surface area contributed by atoms with E-state index in [4.69, 9.17) is 9.47 Å². The molecule has 0 bridgehead atoms. The van der Waals surface area contributed by atoms with E-state index in [9.17, 15) is 5.11 Å². The molecule has 0 aromatic rings. The van der Waals surface area contributed by atoms with Gasteiger partial charge in [0.1, 0.15) is 0 Å². The van der Waals surface area contributed by atoms with Gasteiger partial charge in [0.25, 0.3) is 0 Å². The zero-order valence-electron chi connectivity index (χ0n) is 13.0. The monoisotopic (exact) mass is 275 g/mol. The number of aliphatic hydroxyl groups is 1. The van der Waals surface area contributed by atoms with Crippen molar-refractivity contribution in [1.29, 1.82) is 0 Å². The molecular weight excluding hydrogens is 242 g/mol. The van der Waals surface area contributed by atoms with Gasteiger partial charge in [0.2, 0.25) is 0 Å². The standard InChI is InChI=1S/C15H33NO3/c1-4-5-6-7-9-18-13-15(17)11-16-8-10-19-12-14(2)3/h14-17H,4-13H2,1-3H3. The minimum atomic E-state index is -0.420. The van der Waals surface area contributed by atoms with E-state index in [1.807, 2.05) is 0 Å².